The van der Waals surface area contributed by atoms with Crippen LogP contribution in [0, 0.1) is 5.16 Å². The van der Waals surface area contributed by atoms with Crippen LogP contribution in [0.1, 0.15) is 0 Å². The average Bonchev–Trinajstić information content (AvgIpc) is 1.89. The Balaban J connectivity index is 4.53. The standard InChI is InChI=1S/CH6FN4OP3/c1-7-10(2,5-8-3)6-9-4/h3H,1H3,(H2,4,6). The van der Waals surface area contributed by atoms with Gasteiger partial charge in [-0.3, -0.25) is 10.7 Å². The number of rotatable bonds is 3. The second kappa shape index (κ2) is 5.00. The summed E-state index contributed by atoms with van der Waals surface area (Å²) in [5, 5.41) is 6.55. The van der Waals surface area contributed by atoms with Crippen LogP contribution in [0.4, 0.5) is 4.20 Å². The molecule has 3 N–H and O–H groups in total. The molecule has 0 aromatic rings. The summed E-state index contributed by atoms with van der Waals surface area (Å²) in [7, 11) is -2.53. The fourth-order valence-electron chi connectivity index (χ4n) is 0.210. The highest BCUT2D eigenvalue weighted by Gasteiger charge is 2.14. The van der Waals surface area contributed by atoms with Crippen molar-refractivity contribution in [3.63, 3.8) is 0 Å². The molecule has 1 atom stereocenters. The molecule has 10 heavy (non-hydrogen) atoms. The van der Waals surface area contributed by atoms with Crippen molar-refractivity contribution in [1.82, 2.24) is 0 Å². The maximum atomic E-state index is 12.9. The zero-order valence-electron chi connectivity index (χ0n) is 5.10. The van der Waals surface area contributed by atoms with Crippen molar-refractivity contribution >= 4 is 24.8 Å². The lowest BCUT2D eigenvalue weighted by Crippen LogP contribution is -1.70. The van der Waals surface area contributed by atoms with Gasteiger partial charge in [-0.1, -0.05) is 0 Å². The largest absolute Gasteiger partial charge is 0.389 e. The molecular formula is CH6FN4OP3. The van der Waals surface area contributed by atoms with E-state index in [9.17, 15) is 4.20 Å². The van der Waals surface area contributed by atoms with Crippen LogP contribution in [0.15, 0.2) is 9.03 Å². The summed E-state index contributed by atoms with van der Waals surface area (Å²) in [6.45, 7) is 0. The average molecular weight is 202 g/mol. The van der Waals surface area contributed by atoms with Crippen LogP contribution < -0.4 is 5.50 Å². The molecule has 0 heterocycles. The number of nitrogens with zero attached hydrogens (tertiary/aromatic N) is 2. The second-order valence-corrected chi connectivity index (χ2v) is 4.22. The maximum Gasteiger partial charge on any atom is 0.389 e. The van der Waals surface area contributed by atoms with E-state index in [0.29, 0.717) is 0 Å². The van der Waals surface area contributed by atoms with Crippen molar-refractivity contribution in [2.45, 2.75) is 0 Å². The van der Waals surface area contributed by atoms with Crippen molar-refractivity contribution in [2.75, 3.05) is 7.11 Å². The number of nitrogens with one attached hydrogen (secondary N) is 1. The smallest absolute Gasteiger partial charge is 0.306 e. The fraction of sp³-hybridized carbons (Fsp3) is 1.00. The van der Waals surface area contributed by atoms with Gasteiger partial charge in [0.15, 0.2) is 8.52 Å². The van der Waals surface area contributed by atoms with E-state index in [1.54, 1.807) is 0 Å². The number of nitrogens with two attached hydrogens (primary N) is 1. The van der Waals surface area contributed by atoms with E-state index in [4.69, 9.17) is 10.7 Å². The highest BCUT2D eigenvalue weighted by molar-refractivity contribution is 7.61. The van der Waals surface area contributed by atoms with E-state index in [0.717, 1.165) is 7.11 Å². The third kappa shape index (κ3) is 3.45. The van der Waals surface area contributed by atoms with Gasteiger partial charge >= 0.3 is 7.74 Å². The van der Waals surface area contributed by atoms with E-state index in [2.05, 4.69) is 13.6 Å². The van der Waals surface area contributed by atoms with Gasteiger partial charge in [-0.05, 0) is 0 Å². The molecule has 9 heteroatoms. The van der Waals surface area contributed by atoms with Crippen molar-refractivity contribution in [1.29, 1.82) is 5.16 Å². The highest BCUT2D eigenvalue weighted by Crippen LogP contribution is 2.56. The molecule has 0 aliphatic carbocycles. The Labute approximate surface area is 61.2 Å². The number of hydrogen-bond acceptors (Lipinski definition) is 2. The first-order valence-electron chi connectivity index (χ1n) is 2.04. The third-order valence-corrected chi connectivity index (χ3v) is 3.55. The van der Waals surface area contributed by atoms with Gasteiger partial charge in [0.2, 0.25) is 0 Å². The molecule has 0 saturated heterocycles. The Hall–Kier alpha value is 0.280. The van der Waals surface area contributed by atoms with Crippen molar-refractivity contribution < 1.29 is 8.72 Å². The van der Waals surface area contributed by atoms with E-state index in [-0.39, 0.29) is 17.0 Å². The van der Waals surface area contributed by atoms with Crippen LogP contribution in [0.2, 0.25) is 0 Å². The lowest BCUT2D eigenvalue weighted by Gasteiger charge is -2.01. The number of hydrogen-bond donors (Lipinski definition) is 2. The highest BCUT2D eigenvalue weighted by atomic mass is 31.2. The topological polar surface area (TPSA) is 83.8 Å². The van der Waals surface area contributed by atoms with Crippen LogP contribution in [0.5, 0.6) is 0 Å². The van der Waals surface area contributed by atoms with E-state index in [1.165, 1.54) is 0 Å². The molecule has 0 radical (unpaired) electrons. The minimum absolute atomic E-state index is 0.0423. The van der Waals surface area contributed by atoms with Gasteiger partial charge < -0.3 is 4.52 Å². The Kier molecular flexibility index (Phi) is 5.14. The first-order chi connectivity index (χ1) is 4.68. The predicted molar refractivity (Wildman–Crippen MR) is 40.6 cm³/mol. The van der Waals surface area contributed by atoms with Crippen molar-refractivity contribution in [3.8, 4) is 0 Å². The van der Waals surface area contributed by atoms with Crippen molar-refractivity contribution in [3.05, 3.63) is 0 Å². The molecule has 5 nitrogen and oxygen atoms in total. The summed E-state index contributed by atoms with van der Waals surface area (Å²) in [5.41, 5.74) is 4.91. The summed E-state index contributed by atoms with van der Waals surface area (Å²) >= 11 is 0. The molecule has 1 unspecified atom stereocenters. The summed E-state index contributed by atoms with van der Waals surface area (Å²) in [4.78, 5) is 0. The molecule has 0 aliphatic heterocycles. The molecule has 0 fully saturated rings. The second-order valence-electron chi connectivity index (χ2n) is 1.05. The Morgan fingerprint density at radius 3 is 2.70 bits per heavy atom. The van der Waals surface area contributed by atoms with Crippen LogP contribution >= 0.6 is 24.8 Å². The molecule has 0 spiro atoms. The van der Waals surface area contributed by atoms with Gasteiger partial charge in [-0.2, -0.15) is 13.2 Å². The summed E-state index contributed by atoms with van der Waals surface area (Å²) < 4.78 is 23.6. The quantitative estimate of drug-likeness (QED) is 0.688. The fourth-order valence-corrected chi connectivity index (χ4v) is 2.21. The van der Waals surface area contributed by atoms with Gasteiger partial charge in [0.25, 0.3) is 0 Å². The van der Waals surface area contributed by atoms with Gasteiger partial charge in [-0.15, -0.1) is 0 Å². The van der Waals surface area contributed by atoms with Gasteiger partial charge in [0.05, 0.1) is 8.52 Å². The van der Waals surface area contributed by atoms with E-state index >= 15 is 0 Å². The SMILES string of the molecule is COP(F)(N=PN)=NP=N. The molecule has 0 amide bonds. The molecule has 0 aromatic heterocycles. The third-order valence-electron chi connectivity index (χ3n) is 0.549. The minimum atomic E-state index is -3.54. The number of halogens is 1. The van der Waals surface area contributed by atoms with Crippen molar-refractivity contribution in [2.24, 2.45) is 14.5 Å². The van der Waals surface area contributed by atoms with Crippen LogP contribution in [0.25, 0.3) is 0 Å². The predicted octanol–water partition coefficient (Wildman–Crippen LogP) is 3.18. The minimum Gasteiger partial charge on any atom is -0.306 e. The summed E-state index contributed by atoms with van der Waals surface area (Å²) in [5.74, 6) is 0. The molecule has 0 bridgehead atoms. The molecule has 0 aromatic carbocycles. The molecule has 0 rings (SSSR count). The summed E-state index contributed by atoms with van der Waals surface area (Å²) in [6, 6.07) is 0. The normalized spacial score (nSPS) is 17.5. The zero-order chi connectivity index (χ0) is 8.04. The molecular weight excluding hydrogens is 196 g/mol. The summed E-state index contributed by atoms with van der Waals surface area (Å²) in [6.07, 6.45) is 0. The molecule has 58 valence electrons. The van der Waals surface area contributed by atoms with Crippen LogP contribution in [0.3, 0.4) is 0 Å². The van der Waals surface area contributed by atoms with E-state index < -0.39 is 7.74 Å². The Morgan fingerprint density at radius 2 is 2.40 bits per heavy atom. The van der Waals surface area contributed by atoms with Gasteiger partial charge in [0.1, 0.15) is 0 Å². The zero-order valence-corrected chi connectivity index (χ0v) is 7.78. The first-order valence-corrected chi connectivity index (χ1v) is 5.31. The maximum absolute atomic E-state index is 12.9. The van der Waals surface area contributed by atoms with Gasteiger partial charge in [0, 0.05) is 7.11 Å². The van der Waals surface area contributed by atoms with Crippen LogP contribution in [-0.4, -0.2) is 7.11 Å². The van der Waals surface area contributed by atoms with Crippen LogP contribution in [-0.2, 0) is 4.52 Å². The van der Waals surface area contributed by atoms with Gasteiger partial charge in [-0.25, -0.2) is 0 Å². The molecule has 0 aliphatic rings. The molecule has 0 saturated carbocycles. The lowest BCUT2D eigenvalue weighted by atomic mass is 11.8. The first kappa shape index (κ1) is 10.3. The Morgan fingerprint density at radius 1 is 1.80 bits per heavy atom. The lowest BCUT2D eigenvalue weighted by molar-refractivity contribution is 0.422. The monoisotopic (exact) mass is 202 g/mol. The Bertz CT molecular complexity index is 191. The van der Waals surface area contributed by atoms with E-state index in [1.807, 2.05) is 0 Å².